The largest absolute Gasteiger partial charge is 0.444 e. The third-order valence-corrected chi connectivity index (χ3v) is 3.02. The van der Waals surface area contributed by atoms with E-state index in [0.29, 0.717) is 6.04 Å². The Morgan fingerprint density at radius 1 is 1.50 bits per heavy atom. The van der Waals surface area contributed by atoms with Crippen LogP contribution in [0.1, 0.15) is 46.5 Å². The number of thiol groups is 1. The van der Waals surface area contributed by atoms with Gasteiger partial charge in [0.15, 0.2) is 0 Å². The molecule has 1 rings (SSSR count). The second kappa shape index (κ2) is 5.80. The number of rotatable bonds is 3. The SMILES string of the molecule is CC(C)(C)OC(=O)N1CCCC1CCCS. The molecule has 0 bridgehead atoms. The summed E-state index contributed by atoms with van der Waals surface area (Å²) < 4.78 is 5.40. The van der Waals surface area contributed by atoms with Crippen LogP contribution < -0.4 is 0 Å². The van der Waals surface area contributed by atoms with Gasteiger partial charge in [-0.1, -0.05) is 0 Å². The molecule has 3 nitrogen and oxygen atoms in total. The first kappa shape index (κ1) is 13.7. The summed E-state index contributed by atoms with van der Waals surface area (Å²) in [5.74, 6) is 0.888. The van der Waals surface area contributed by atoms with Gasteiger partial charge in [0.2, 0.25) is 0 Å². The number of hydrogen-bond acceptors (Lipinski definition) is 3. The van der Waals surface area contributed by atoms with E-state index in [4.69, 9.17) is 4.74 Å². The molecule has 1 aliphatic heterocycles. The molecule has 1 aliphatic rings. The van der Waals surface area contributed by atoms with Crippen molar-refractivity contribution in [2.24, 2.45) is 0 Å². The second-order valence-corrected chi connectivity index (χ2v) is 5.78. The molecular formula is C12H23NO2S. The molecule has 0 N–H and O–H groups in total. The minimum atomic E-state index is -0.395. The van der Waals surface area contributed by atoms with Gasteiger partial charge in [-0.3, -0.25) is 0 Å². The van der Waals surface area contributed by atoms with Crippen LogP contribution in [-0.2, 0) is 4.74 Å². The molecule has 1 amide bonds. The number of carbonyl (C=O) groups excluding carboxylic acids is 1. The summed E-state index contributed by atoms with van der Waals surface area (Å²) in [6.45, 7) is 6.56. The fourth-order valence-electron chi connectivity index (χ4n) is 2.02. The summed E-state index contributed by atoms with van der Waals surface area (Å²) in [5.41, 5.74) is -0.395. The summed E-state index contributed by atoms with van der Waals surface area (Å²) in [4.78, 5) is 13.8. The van der Waals surface area contributed by atoms with E-state index in [-0.39, 0.29) is 6.09 Å². The number of likely N-dealkylation sites (tertiary alicyclic amines) is 1. The summed E-state index contributed by atoms with van der Waals surface area (Å²) >= 11 is 4.21. The van der Waals surface area contributed by atoms with Gasteiger partial charge in [0.1, 0.15) is 5.60 Å². The monoisotopic (exact) mass is 245 g/mol. The number of hydrogen-bond donors (Lipinski definition) is 1. The molecule has 0 aromatic rings. The predicted octanol–water partition coefficient (Wildman–Crippen LogP) is 3.10. The van der Waals surface area contributed by atoms with Gasteiger partial charge in [0, 0.05) is 12.6 Å². The Bertz CT molecular complexity index is 238. The fraction of sp³-hybridized carbons (Fsp3) is 0.917. The van der Waals surface area contributed by atoms with Crippen molar-refractivity contribution in [2.75, 3.05) is 12.3 Å². The number of nitrogens with zero attached hydrogens (tertiary/aromatic N) is 1. The van der Waals surface area contributed by atoms with Crippen molar-refractivity contribution < 1.29 is 9.53 Å². The highest BCUT2D eigenvalue weighted by atomic mass is 32.1. The third-order valence-electron chi connectivity index (χ3n) is 2.70. The smallest absolute Gasteiger partial charge is 0.410 e. The maximum Gasteiger partial charge on any atom is 0.410 e. The van der Waals surface area contributed by atoms with Crippen molar-refractivity contribution in [3.05, 3.63) is 0 Å². The highest BCUT2D eigenvalue weighted by Crippen LogP contribution is 2.23. The van der Waals surface area contributed by atoms with Gasteiger partial charge in [-0.05, 0) is 52.2 Å². The minimum Gasteiger partial charge on any atom is -0.444 e. The predicted molar refractivity (Wildman–Crippen MR) is 69.0 cm³/mol. The van der Waals surface area contributed by atoms with E-state index in [1.165, 1.54) is 0 Å². The molecule has 1 heterocycles. The normalized spacial score (nSPS) is 21.2. The van der Waals surface area contributed by atoms with Crippen molar-refractivity contribution in [3.8, 4) is 0 Å². The van der Waals surface area contributed by atoms with Crippen molar-refractivity contribution in [1.29, 1.82) is 0 Å². The molecule has 0 spiro atoms. The lowest BCUT2D eigenvalue weighted by Gasteiger charge is -2.28. The molecule has 1 unspecified atom stereocenters. The van der Waals surface area contributed by atoms with Gasteiger partial charge < -0.3 is 9.64 Å². The maximum absolute atomic E-state index is 11.9. The fourth-order valence-corrected chi connectivity index (χ4v) is 2.21. The Kier molecular flexibility index (Phi) is 4.96. The Morgan fingerprint density at radius 3 is 2.75 bits per heavy atom. The molecule has 0 radical (unpaired) electrons. The Labute approximate surface area is 104 Å². The molecule has 0 aromatic heterocycles. The van der Waals surface area contributed by atoms with Crippen LogP contribution in [-0.4, -0.2) is 34.9 Å². The number of carbonyl (C=O) groups is 1. The average molecular weight is 245 g/mol. The van der Waals surface area contributed by atoms with Crippen LogP contribution in [0.4, 0.5) is 4.79 Å². The minimum absolute atomic E-state index is 0.158. The van der Waals surface area contributed by atoms with Gasteiger partial charge in [0.05, 0.1) is 0 Å². The van der Waals surface area contributed by atoms with Gasteiger partial charge in [-0.25, -0.2) is 4.79 Å². The molecule has 1 fully saturated rings. The lowest BCUT2D eigenvalue weighted by atomic mass is 10.1. The molecular weight excluding hydrogens is 222 g/mol. The average Bonchev–Trinajstić information content (AvgIpc) is 2.59. The standard InChI is InChI=1S/C12H23NO2S/c1-12(2,3)15-11(14)13-8-4-6-10(13)7-5-9-16/h10,16H,4-9H2,1-3H3. The molecule has 1 saturated heterocycles. The zero-order chi connectivity index (χ0) is 12.2. The Balaban J connectivity index is 2.47. The number of ether oxygens (including phenoxy) is 1. The second-order valence-electron chi connectivity index (χ2n) is 5.34. The maximum atomic E-state index is 11.9. The van der Waals surface area contributed by atoms with Gasteiger partial charge >= 0.3 is 6.09 Å². The van der Waals surface area contributed by atoms with E-state index < -0.39 is 5.60 Å². The number of amides is 1. The van der Waals surface area contributed by atoms with Crippen LogP contribution in [0.3, 0.4) is 0 Å². The quantitative estimate of drug-likeness (QED) is 0.774. The highest BCUT2D eigenvalue weighted by molar-refractivity contribution is 7.80. The van der Waals surface area contributed by atoms with Crippen LogP contribution in [0.2, 0.25) is 0 Å². The summed E-state index contributed by atoms with van der Waals surface area (Å²) in [5, 5.41) is 0. The molecule has 94 valence electrons. The van der Waals surface area contributed by atoms with E-state index in [1.807, 2.05) is 25.7 Å². The highest BCUT2D eigenvalue weighted by Gasteiger charge is 2.31. The third kappa shape index (κ3) is 4.24. The molecule has 16 heavy (non-hydrogen) atoms. The molecule has 4 heteroatoms. The Morgan fingerprint density at radius 2 is 2.19 bits per heavy atom. The van der Waals surface area contributed by atoms with Crippen molar-refractivity contribution in [1.82, 2.24) is 4.90 Å². The van der Waals surface area contributed by atoms with E-state index in [9.17, 15) is 4.79 Å². The van der Waals surface area contributed by atoms with E-state index in [1.54, 1.807) is 0 Å². The van der Waals surface area contributed by atoms with Crippen molar-refractivity contribution >= 4 is 18.7 Å². The van der Waals surface area contributed by atoms with E-state index in [2.05, 4.69) is 12.6 Å². The zero-order valence-electron chi connectivity index (χ0n) is 10.5. The summed E-state index contributed by atoms with van der Waals surface area (Å²) in [7, 11) is 0. The van der Waals surface area contributed by atoms with E-state index >= 15 is 0 Å². The zero-order valence-corrected chi connectivity index (χ0v) is 11.4. The first-order valence-electron chi connectivity index (χ1n) is 6.04. The van der Waals surface area contributed by atoms with Crippen LogP contribution in [0.5, 0.6) is 0 Å². The van der Waals surface area contributed by atoms with Crippen LogP contribution >= 0.6 is 12.6 Å². The van der Waals surface area contributed by atoms with Crippen molar-refractivity contribution in [2.45, 2.75) is 58.1 Å². The Hall–Kier alpha value is -0.380. The van der Waals surface area contributed by atoms with Gasteiger partial charge in [-0.15, -0.1) is 0 Å². The lowest BCUT2D eigenvalue weighted by molar-refractivity contribution is 0.0220. The van der Waals surface area contributed by atoms with Gasteiger partial charge in [-0.2, -0.15) is 12.6 Å². The molecule has 0 aromatic carbocycles. The topological polar surface area (TPSA) is 29.5 Å². The van der Waals surface area contributed by atoms with Crippen LogP contribution in [0.15, 0.2) is 0 Å². The summed E-state index contributed by atoms with van der Waals surface area (Å²) in [6.07, 6.45) is 4.15. The van der Waals surface area contributed by atoms with E-state index in [0.717, 1.165) is 38.0 Å². The first-order valence-corrected chi connectivity index (χ1v) is 6.68. The van der Waals surface area contributed by atoms with Crippen molar-refractivity contribution in [3.63, 3.8) is 0 Å². The van der Waals surface area contributed by atoms with Crippen LogP contribution in [0, 0.1) is 0 Å². The molecule has 0 saturated carbocycles. The molecule has 1 atom stereocenters. The molecule has 0 aliphatic carbocycles. The summed E-state index contributed by atoms with van der Waals surface area (Å²) in [6, 6.07) is 0.363. The lowest BCUT2D eigenvalue weighted by Crippen LogP contribution is -2.39. The first-order chi connectivity index (χ1) is 7.44. The van der Waals surface area contributed by atoms with Gasteiger partial charge in [0.25, 0.3) is 0 Å². The van der Waals surface area contributed by atoms with Crippen LogP contribution in [0.25, 0.3) is 0 Å².